The Labute approximate surface area is 101 Å². The summed E-state index contributed by atoms with van der Waals surface area (Å²) in [6, 6.07) is 7.30. The quantitative estimate of drug-likeness (QED) is 0.724. The summed E-state index contributed by atoms with van der Waals surface area (Å²) in [5.74, 6) is 0. The summed E-state index contributed by atoms with van der Waals surface area (Å²) in [4.78, 5) is 0. The third kappa shape index (κ3) is 3.94. The largest absolute Gasteiger partial charge is 0.398 e. The second kappa shape index (κ2) is 6.74. The Morgan fingerprint density at radius 3 is 2.82 bits per heavy atom. The lowest BCUT2D eigenvalue weighted by Crippen LogP contribution is -2.26. The van der Waals surface area contributed by atoms with E-state index in [1.54, 1.807) is 26.4 Å². The fourth-order valence-corrected chi connectivity index (χ4v) is 1.39. The lowest BCUT2D eigenvalue weighted by Gasteiger charge is -2.16. The molecule has 0 radical (unpaired) electrons. The van der Waals surface area contributed by atoms with E-state index in [0.29, 0.717) is 24.4 Å². The van der Waals surface area contributed by atoms with Gasteiger partial charge in [0.05, 0.1) is 18.3 Å². The molecular weight excluding hydrogens is 218 g/mol. The van der Waals surface area contributed by atoms with Crippen molar-refractivity contribution in [1.82, 2.24) is 0 Å². The van der Waals surface area contributed by atoms with Gasteiger partial charge in [-0.05, 0) is 18.2 Å². The molecule has 0 amide bonds. The molecule has 0 aliphatic rings. The highest BCUT2D eigenvalue weighted by atomic mass is 16.5. The number of ether oxygens (including phenoxy) is 2. The number of methoxy groups -OCH3 is 2. The van der Waals surface area contributed by atoms with E-state index in [0.717, 1.165) is 5.69 Å². The molecule has 1 aromatic carbocycles. The van der Waals surface area contributed by atoms with Crippen LogP contribution in [0.4, 0.5) is 11.4 Å². The molecule has 0 saturated heterocycles. The summed E-state index contributed by atoms with van der Waals surface area (Å²) >= 11 is 0. The average Bonchev–Trinajstić information content (AvgIpc) is 2.36. The van der Waals surface area contributed by atoms with E-state index >= 15 is 0 Å². The van der Waals surface area contributed by atoms with Gasteiger partial charge in [-0.2, -0.15) is 5.26 Å². The number of rotatable bonds is 6. The van der Waals surface area contributed by atoms with Gasteiger partial charge in [0.2, 0.25) is 0 Å². The molecule has 17 heavy (non-hydrogen) atoms. The van der Waals surface area contributed by atoms with Crippen LogP contribution in [0.25, 0.3) is 0 Å². The number of nitrogens with zero attached hydrogens (tertiary/aromatic N) is 1. The fraction of sp³-hybridized carbons (Fsp3) is 0.417. The number of benzene rings is 1. The summed E-state index contributed by atoms with van der Waals surface area (Å²) in [5.41, 5.74) is 7.43. The first kappa shape index (κ1) is 13.3. The van der Waals surface area contributed by atoms with Crippen LogP contribution in [0.3, 0.4) is 0 Å². The van der Waals surface area contributed by atoms with Crippen LogP contribution < -0.4 is 11.1 Å². The molecule has 0 bridgehead atoms. The van der Waals surface area contributed by atoms with Crippen LogP contribution >= 0.6 is 0 Å². The number of hydrogen-bond acceptors (Lipinski definition) is 5. The van der Waals surface area contributed by atoms with E-state index in [9.17, 15) is 0 Å². The highest BCUT2D eigenvalue weighted by Gasteiger charge is 2.07. The van der Waals surface area contributed by atoms with Crippen molar-refractivity contribution in [3.63, 3.8) is 0 Å². The van der Waals surface area contributed by atoms with Crippen LogP contribution in [0.5, 0.6) is 0 Å². The topological polar surface area (TPSA) is 80.3 Å². The van der Waals surface area contributed by atoms with E-state index in [4.69, 9.17) is 20.5 Å². The van der Waals surface area contributed by atoms with E-state index in [1.807, 2.05) is 12.1 Å². The van der Waals surface area contributed by atoms with Gasteiger partial charge in [-0.1, -0.05) is 0 Å². The van der Waals surface area contributed by atoms with Crippen molar-refractivity contribution < 1.29 is 9.47 Å². The number of nitrogens with two attached hydrogens (primary N) is 1. The van der Waals surface area contributed by atoms with E-state index in [2.05, 4.69) is 5.32 Å². The SMILES string of the molecule is COCC(CNc1ccc(N)c(C#N)c1)OC. The average molecular weight is 235 g/mol. The monoisotopic (exact) mass is 235 g/mol. The maximum Gasteiger partial charge on any atom is 0.101 e. The Kier molecular flexibility index (Phi) is 5.27. The number of nitriles is 1. The predicted octanol–water partition coefficient (Wildman–Crippen LogP) is 1.21. The first-order chi connectivity index (χ1) is 8.21. The molecule has 0 aliphatic heterocycles. The summed E-state index contributed by atoms with van der Waals surface area (Å²) < 4.78 is 10.2. The van der Waals surface area contributed by atoms with Gasteiger partial charge in [-0.25, -0.2) is 0 Å². The van der Waals surface area contributed by atoms with Crippen LogP contribution in [0, 0.1) is 11.3 Å². The van der Waals surface area contributed by atoms with Crippen LogP contribution in [0.15, 0.2) is 18.2 Å². The predicted molar refractivity (Wildman–Crippen MR) is 66.7 cm³/mol. The van der Waals surface area contributed by atoms with E-state index in [1.165, 1.54) is 0 Å². The highest BCUT2D eigenvalue weighted by molar-refractivity contribution is 5.61. The summed E-state index contributed by atoms with van der Waals surface area (Å²) in [6.07, 6.45) is -0.0249. The van der Waals surface area contributed by atoms with Gasteiger partial charge in [0.15, 0.2) is 0 Å². The Hall–Kier alpha value is -1.77. The number of anilines is 2. The minimum absolute atomic E-state index is 0.0249. The van der Waals surface area contributed by atoms with Crippen molar-refractivity contribution in [2.45, 2.75) is 6.10 Å². The van der Waals surface area contributed by atoms with Crippen molar-refractivity contribution in [2.75, 3.05) is 38.4 Å². The minimum atomic E-state index is -0.0249. The van der Waals surface area contributed by atoms with Crippen molar-refractivity contribution in [3.8, 4) is 6.07 Å². The standard InChI is InChI=1S/C12H17N3O2/c1-16-8-11(17-2)7-15-10-3-4-12(14)9(5-10)6-13/h3-5,11,15H,7-8,14H2,1-2H3. The molecule has 0 saturated carbocycles. The van der Waals surface area contributed by atoms with Gasteiger partial charge in [-0.15, -0.1) is 0 Å². The molecule has 5 heteroatoms. The van der Waals surface area contributed by atoms with Gasteiger partial charge in [0.1, 0.15) is 6.07 Å². The molecule has 0 spiro atoms. The summed E-state index contributed by atoms with van der Waals surface area (Å²) in [7, 11) is 3.26. The van der Waals surface area contributed by atoms with Crippen molar-refractivity contribution in [3.05, 3.63) is 23.8 Å². The Morgan fingerprint density at radius 2 is 2.24 bits per heavy atom. The second-order valence-electron chi connectivity index (χ2n) is 3.61. The molecule has 1 atom stereocenters. The van der Waals surface area contributed by atoms with Crippen molar-refractivity contribution in [1.29, 1.82) is 5.26 Å². The lowest BCUT2D eigenvalue weighted by atomic mass is 10.2. The summed E-state index contributed by atoms with van der Waals surface area (Å²) in [5, 5.41) is 12.0. The molecule has 1 aromatic rings. The van der Waals surface area contributed by atoms with Crippen LogP contribution in [0.2, 0.25) is 0 Å². The first-order valence-electron chi connectivity index (χ1n) is 5.26. The third-order valence-corrected chi connectivity index (χ3v) is 2.39. The first-order valence-corrected chi connectivity index (χ1v) is 5.26. The molecule has 0 heterocycles. The van der Waals surface area contributed by atoms with Crippen LogP contribution in [0.1, 0.15) is 5.56 Å². The molecule has 92 valence electrons. The zero-order valence-corrected chi connectivity index (χ0v) is 10.1. The Balaban J connectivity index is 2.60. The van der Waals surface area contributed by atoms with Gasteiger partial charge in [-0.3, -0.25) is 0 Å². The number of nitrogen functional groups attached to an aromatic ring is 1. The van der Waals surface area contributed by atoms with E-state index < -0.39 is 0 Å². The maximum atomic E-state index is 8.85. The molecular formula is C12H17N3O2. The Morgan fingerprint density at radius 1 is 1.47 bits per heavy atom. The van der Waals surface area contributed by atoms with E-state index in [-0.39, 0.29) is 6.10 Å². The molecule has 3 N–H and O–H groups in total. The van der Waals surface area contributed by atoms with Crippen molar-refractivity contribution >= 4 is 11.4 Å². The van der Waals surface area contributed by atoms with Gasteiger partial charge in [0, 0.05) is 32.1 Å². The van der Waals surface area contributed by atoms with Crippen molar-refractivity contribution in [2.24, 2.45) is 0 Å². The molecule has 1 unspecified atom stereocenters. The maximum absolute atomic E-state index is 8.85. The molecule has 5 nitrogen and oxygen atoms in total. The zero-order chi connectivity index (χ0) is 12.7. The Bertz CT molecular complexity index is 401. The lowest BCUT2D eigenvalue weighted by molar-refractivity contribution is 0.0365. The molecule has 0 aliphatic carbocycles. The number of nitrogens with one attached hydrogen (secondary N) is 1. The normalized spacial score (nSPS) is 11.8. The minimum Gasteiger partial charge on any atom is -0.398 e. The zero-order valence-electron chi connectivity index (χ0n) is 10.1. The van der Waals surface area contributed by atoms with Gasteiger partial charge < -0.3 is 20.5 Å². The third-order valence-electron chi connectivity index (χ3n) is 2.39. The van der Waals surface area contributed by atoms with Crippen LogP contribution in [-0.2, 0) is 9.47 Å². The second-order valence-corrected chi connectivity index (χ2v) is 3.61. The molecule has 0 aromatic heterocycles. The summed E-state index contributed by atoms with van der Waals surface area (Å²) in [6.45, 7) is 1.13. The number of hydrogen-bond donors (Lipinski definition) is 2. The molecule has 0 fully saturated rings. The fourth-order valence-electron chi connectivity index (χ4n) is 1.39. The van der Waals surface area contributed by atoms with Crippen LogP contribution in [-0.4, -0.2) is 33.5 Å². The van der Waals surface area contributed by atoms with Gasteiger partial charge in [0.25, 0.3) is 0 Å². The highest BCUT2D eigenvalue weighted by Crippen LogP contribution is 2.16. The van der Waals surface area contributed by atoms with Gasteiger partial charge >= 0.3 is 0 Å². The smallest absolute Gasteiger partial charge is 0.101 e. The molecule has 1 rings (SSSR count).